The van der Waals surface area contributed by atoms with E-state index < -0.39 is 11.5 Å². The smallest absolute Gasteiger partial charge is 0.410 e. The van der Waals surface area contributed by atoms with Crippen LogP contribution >= 0.6 is 0 Å². The Bertz CT molecular complexity index is 366. The molecule has 0 aromatic carbocycles. The number of amides is 1. The van der Waals surface area contributed by atoms with E-state index in [4.69, 9.17) is 9.47 Å². The second-order valence-corrected chi connectivity index (χ2v) is 7.14. The van der Waals surface area contributed by atoms with E-state index in [2.05, 4.69) is 0 Å². The SMILES string of the molecule is CC(C)(C)OC(=O)N1CC(OCC2CCC(F)(F)CC2)C1. The van der Waals surface area contributed by atoms with Crippen LogP contribution in [0.4, 0.5) is 13.6 Å². The third-order valence-corrected chi connectivity index (χ3v) is 3.90. The van der Waals surface area contributed by atoms with E-state index in [1.165, 1.54) is 0 Å². The van der Waals surface area contributed by atoms with Gasteiger partial charge in [-0.15, -0.1) is 0 Å². The first kappa shape index (κ1) is 16.5. The Morgan fingerprint density at radius 2 is 1.81 bits per heavy atom. The summed E-state index contributed by atoms with van der Waals surface area (Å²) in [5, 5.41) is 0. The molecule has 0 atom stereocenters. The zero-order valence-electron chi connectivity index (χ0n) is 13.0. The van der Waals surface area contributed by atoms with Crippen molar-refractivity contribution >= 4 is 6.09 Å². The molecule has 1 aliphatic carbocycles. The van der Waals surface area contributed by atoms with E-state index in [-0.39, 0.29) is 31.0 Å². The van der Waals surface area contributed by atoms with Gasteiger partial charge in [0.05, 0.1) is 19.2 Å². The maximum atomic E-state index is 13.0. The molecule has 4 nitrogen and oxygen atoms in total. The van der Waals surface area contributed by atoms with Crippen molar-refractivity contribution in [3.63, 3.8) is 0 Å². The number of alkyl halides is 2. The maximum Gasteiger partial charge on any atom is 0.410 e. The van der Waals surface area contributed by atoms with E-state index in [9.17, 15) is 13.6 Å². The molecule has 21 heavy (non-hydrogen) atoms. The van der Waals surface area contributed by atoms with Crippen LogP contribution in [0.3, 0.4) is 0 Å². The van der Waals surface area contributed by atoms with Crippen LogP contribution in [0.1, 0.15) is 46.5 Å². The molecule has 2 aliphatic rings. The van der Waals surface area contributed by atoms with Crippen LogP contribution in [0, 0.1) is 5.92 Å². The Balaban J connectivity index is 1.60. The Hall–Kier alpha value is -0.910. The molecule has 1 saturated carbocycles. The van der Waals surface area contributed by atoms with Gasteiger partial charge in [0.1, 0.15) is 5.60 Å². The van der Waals surface area contributed by atoms with Gasteiger partial charge in [0, 0.05) is 19.4 Å². The van der Waals surface area contributed by atoms with Gasteiger partial charge in [0.25, 0.3) is 0 Å². The maximum absolute atomic E-state index is 13.0. The van der Waals surface area contributed by atoms with Crippen molar-refractivity contribution in [1.29, 1.82) is 0 Å². The number of hydrogen-bond donors (Lipinski definition) is 0. The summed E-state index contributed by atoms with van der Waals surface area (Å²) in [6, 6.07) is 0. The first-order valence-electron chi connectivity index (χ1n) is 7.62. The molecule has 2 fully saturated rings. The van der Waals surface area contributed by atoms with Gasteiger partial charge in [-0.25, -0.2) is 13.6 Å². The number of likely N-dealkylation sites (tertiary alicyclic amines) is 1. The number of ether oxygens (including phenoxy) is 2. The Kier molecular flexibility index (Phi) is 4.76. The van der Waals surface area contributed by atoms with Crippen molar-refractivity contribution in [3.8, 4) is 0 Å². The molecule has 122 valence electrons. The van der Waals surface area contributed by atoms with Crippen molar-refractivity contribution in [2.24, 2.45) is 5.92 Å². The van der Waals surface area contributed by atoms with Crippen LogP contribution in [0.25, 0.3) is 0 Å². The highest BCUT2D eigenvalue weighted by molar-refractivity contribution is 5.69. The van der Waals surface area contributed by atoms with Crippen molar-refractivity contribution < 1.29 is 23.0 Å². The first-order chi connectivity index (χ1) is 9.65. The summed E-state index contributed by atoms with van der Waals surface area (Å²) >= 11 is 0. The zero-order chi connectivity index (χ0) is 15.7. The second kappa shape index (κ2) is 6.07. The Morgan fingerprint density at radius 1 is 1.24 bits per heavy atom. The van der Waals surface area contributed by atoms with Crippen LogP contribution in [-0.4, -0.2) is 48.3 Å². The highest BCUT2D eigenvalue weighted by Crippen LogP contribution is 2.36. The number of rotatable bonds is 3. The standard InChI is InChI=1S/C15H25F2NO3/c1-14(2,3)21-13(19)18-8-12(9-18)20-10-11-4-6-15(16,17)7-5-11/h11-12H,4-10H2,1-3H3. The second-order valence-electron chi connectivity index (χ2n) is 7.14. The predicted molar refractivity (Wildman–Crippen MR) is 74.5 cm³/mol. The topological polar surface area (TPSA) is 38.8 Å². The van der Waals surface area contributed by atoms with Gasteiger partial charge in [-0.3, -0.25) is 0 Å². The van der Waals surface area contributed by atoms with Crippen molar-refractivity contribution in [2.75, 3.05) is 19.7 Å². The lowest BCUT2D eigenvalue weighted by Gasteiger charge is -2.40. The quantitative estimate of drug-likeness (QED) is 0.801. The summed E-state index contributed by atoms with van der Waals surface area (Å²) in [6.45, 7) is 7.06. The molecule has 2 rings (SSSR count). The minimum Gasteiger partial charge on any atom is -0.444 e. The Labute approximate surface area is 124 Å². The molecule has 0 aromatic rings. The summed E-state index contributed by atoms with van der Waals surface area (Å²) in [5.41, 5.74) is -0.490. The highest BCUT2D eigenvalue weighted by Gasteiger charge is 2.37. The molecular weight excluding hydrogens is 280 g/mol. The molecule has 0 bridgehead atoms. The van der Waals surface area contributed by atoms with Crippen LogP contribution in [0.2, 0.25) is 0 Å². The molecular formula is C15H25F2NO3. The fourth-order valence-corrected chi connectivity index (χ4v) is 2.56. The number of hydrogen-bond acceptors (Lipinski definition) is 3. The van der Waals surface area contributed by atoms with Crippen LogP contribution < -0.4 is 0 Å². The molecule has 0 N–H and O–H groups in total. The van der Waals surface area contributed by atoms with Gasteiger partial charge in [-0.05, 0) is 39.5 Å². The van der Waals surface area contributed by atoms with Gasteiger partial charge < -0.3 is 14.4 Å². The van der Waals surface area contributed by atoms with Gasteiger partial charge in [-0.2, -0.15) is 0 Å². The van der Waals surface area contributed by atoms with E-state index in [1.807, 2.05) is 20.8 Å². The lowest BCUT2D eigenvalue weighted by atomic mass is 9.87. The van der Waals surface area contributed by atoms with E-state index >= 15 is 0 Å². The van der Waals surface area contributed by atoms with E-state index in [0.29, 0.717) is 32.5 Å². The van der Waals surface area contributed by atoms with Gasteiger partial charge in [0.2, 0.25) is 5.92 Å². The molecule has 1 amide bonds. The molecule has 0 radical (unpaired) electrons. The van der Waals surface area contributed by atoms with Gasteiger partial charge in [0.15, 0.2) is 0 Å². The third kappa shape index (κ3) is 5.09. The lowest BCUT2D eigenvalue weighted by Crippen LogP contribution is -2.56. The average molecular weight is 305 g/mol. The minimum atomic E-state index is -2.49. The van der Waals surface area contributed by atoms with Crippen molar-refractivity contribution in [2.45, 2.75) is 64.1 Å². The first-order valence-corrected chi connectivity index (χ1v) is 7.62. The minimum absolute atomic E-state index is 0.0138. The highest BCUT2D eigenvalue weighted by atomic mass is 19.3. The fraction of sp³-hybridized carbons (Fsp3) is 0.933. The van der Waals surface area contributed by atoms with Crippen LogP contribution in [0.15, 0.2) is 0 Å². The average Bonchev–Trinajstić information content (AvgIpc) is 2.26. The van der Waals surface area contributed by atoms with Crippen LogP contribution in [0.5, 0.6) is 0 Å². The van der Waals surface area contributed by atoms with E-state index in [1.54, 1.807) is 4.90 Å². The monoisotopic (exact) mass is 305 g/mol. The summed E-state index contributed by atoms with van der Waals surface area (Å²) in [6.07, 6.45) is 0.677. The summed E-state index contributed by atoms with van der Waals surface area (Å²) < 4.78 is 37.0. The summed E-state index contributed by atoms with van der Waals surface area (Å²) in [4.78, 5) is 13.3. The molecule has 1 saturated heterocycles. The molecule has 0 unspecified atom stereocenters. The number of nitrogens with zero attached hydrogens (tertiary/aromatic N) is 1. The lowest BCUT2D eigenvalue weighted by molar-refractivity contribution is -0.0905. The Morgan fingerprint density at radius 3 is 2.33 bits per heavy atom. The predicted octanol–water partition coefficient (Wildman–Crippen LogP) is 3.45. The number of carbonyl (C=O) groups excluding carboxylic acids is 1. The van der Waals surface area contributed by atoms with Crippen molar-refractivity contribution in [3.05, 3.63) is 0 Å². The van der Waals surface area contributed by atoms with E-state index in [0.717, 1.165) is 0 Å². The van der Waals surface area contributed by atoms with Gasteiger partial charge >= 0.3 is 6.09 Å². The molecule has 6 heteroatoms. The van der Waals surface area contributed by atoms with Gasteiger partial charge in [-0.1, -0.05) is 0 Å². The molecule has 1 heterocycles. The number of carbonyl (C=O) groups is 1. The molecule has 0 spiro atoms. The number of halogens is 2. The normalized spacial score (nSPS) is 23.8. The fourth-order valence-electron chi connectivity index (χ4n) is 2.56. The zero-order valence-corrected chi connectivity index (χ0v) is 13.0. The van der Waals surface area contributed by atoms with Crippen LogP contribution in [-0.2, 0) is 9.47 Å². The van der Waals surface area contributed by atoms with Crippen molar-refractivity contribution in [1.82, 2.24) is 4.90 Å². The molecule has 1 aliphatic heterocycles. The molecule has 0 aromatic heterocycles. The summed E-state index contributed by atoms with van der Waals surface area (Å²) in [5.74, 6) is -2.26. The summed E-state index contributed by atoms with van der Waals surface area (Å²) in [7, 11) is 0. The third-order valence-electron chi connectivity index (χ3n) is 3.90. The largest absolute Gasteiger partial charge is 0.444 e.